The lowest BCUT2D eigenvalue weighted by molar-refractivity contribution is 0.0692. The number of carboxylic acids is 1. The van der Waals surface area contributed by atoms with Crippen LogP contribution in [0.2, 0.25) is 0 Å². The van der Waals surface area contributed by atoms with Crippen LogP contribution in [-0.4, -0.2) is 36.9 Å². The molecule has 0 saturated heterocycles. The lowest BCUT2D eigenvalue weighted by Crippen LogP contribution is -2.10. The summed E-state index contributed by atoms with van der Waals surface area (Å²) in [4.78, 5) is 38.8. The average Bonchev–Trinajstić information content (AvgIpc) is 3.49. The van der Waals surface area contributed by atoms with E-state index in [0.29, 0.717) is 11.5 Å². The van der Waals surface area contributed by atoms with Crippen LogP contribution in [0, 0.1) is 0 Å². The second-order valence-corrected chi connectivity index (χ2v) is 8.07. The molecule has 3 rings (SSSR count). The van der Waals surface area contributed by atoms with Crippen LogP contribution in [0.3, 0.4) is 0 Å². The fraction of sp³-hybridized carbons (Fsp3) is 0.0870. The molecule has 0 aliphatic heterocycles. The first-order valence-electron chi connectivity index (χ1n) is 8.99. The number of benzene rings is 1. The predicted molar refractivity (Wildman–Crippen MR) is 121 cm³/mol. The Morgan fingerprint density at radius 3 is 1.81 bits per heavy atom. The zero-order valence-electron chi connectivity index (χ0n) is 16.7. The lowest BCUT2D eigenvalue weighted by Gasteiger charge is -2.08. The Morgan fingerprint density at radius 2 is 1.35 bits per heavy atom. The third kappa shape index (κ3) is 5.17. The molecule has 0 aliphatic rings. The summed E-state index contributed by atoms with van der Waals surface area (Å²) in [7, 11) is 2.89. The van der Waals surface area contributed by atoms with Gasteiger partial charge in [-0.05, 0) is 35.0 Å². The SMILES string of the molecule is COC(=CC(=O)c1ccc(C(=O)O)c(C(=O)C=C(OC)c2cccs2)c1)c1cccs1. The molecule has 0 aliphatic carbocycles. The molecule has 1 N–H and O–H groups in total. The molecule has 3 aromatic rings. The van der Waals surface area contributed by atoms with E-state index in [2.05, 4.69) is 0 Å². The molecular formula is C23H18O6S2. The maximum Gasteiger partial charge on any atom is 0.336 e. The largest absolute Gasteiger partial charge is 0.495 e. The van der Waals surface area contributed by atoms with Crippen molar-refractivity contribution in [2.75, 3.05) is 14.2 Å². The summed E-state index contributed by atoms with van der Waals surface area (Å²) in [6, 6.07) is 11.2. The standard InChI is InChI=1S/C23H18O6S2/c1-28-19(21-5-3-9-30-21)12-17(24)14-7-8-15(23(26)27)16(11-14)18(25)13-20(29-2)22-6-4-10-31-22/h3-13H,1-2H3,(H,26,27). The Labute approximate surface area is 186 Å². The van der Waals surface area contributed by atoms with Crippen molar-refractivity contribution in [2.24, 2.45) is 0 Å². The Bertz CT molecular complexity index is 1150. The van der Waals surface area contributed by atoms with Crippen molar-refractivity contribution in [3.05, 3.63) is 91.8 Å². The number of aromatic carboxylic acids is 1. The van der Waals surface area contributed by atoms with Crippen LogP contribution >= 0.6 is 22.7 Å². The number of ether oxygens (including phenoxy) is 2. The minimum atomic E-state index is -1.27. The molecule has 0 unspecified atom stereocenters. The van der Waals surface area contributed by atoms with Gasteiger partial charge in [-0.3, -0.25) is 9.59 Å². The third-order valence-corrected chi connectivity index (χ3v) is 6.06. The summed E-state index contributed by atoms with van der Waals surface area (Å²) in [5, 5.41) is 13.2. The van der Waals surface area contributed by atoms with Crippen LogP contribution in [0.25, 0.3) is 11.5 Å². The molecule has 0 saturated carbocycles. The van der Waals surface area contributed by atoms with Crippen molar-refractivity contribution in [1.29, 1.82) is 0 Å². The fourth-order valence-corrected chi connectivity index (χ4v) is 4.22. The molecule has 0 atom stereocenters. The first-order valence-corrected chi connectivity index (χ1v) is 10.8. The number of hydrogen-bond acceptors (Lipinski definition) is 7. The third-order valence-electron chi connectivity index (χ3n) is 4.29. The molecule has 0 fully saturated rings. The highest BCUT2D eigenvalue weighted by Crippen LogP contribution is 2.24. The molecule has 1 aromatic carbocycles. The summed E-state index contributed by atoms with van der Waals surface area (Å²) in [5.74, 6) is -1.56. The van der Waals surface area contributed by atoms with E-state index in [9.17, 15) is 19.5 Å². The van der Waals surface area contributed by atoms with E-state index in [1.807, 2.05) is 29.0 Å². The van der Waals surface area contributed by atoms with Crippen LogP contribution in [0.1, 0.15) is 40.8 Å². The molecule has 0 amide bonds. The highest BCUT2D eigenvalue weighted by molar-refractivity contribution is 7.11. The number of carbonyl (C=O) groups is 3. The van der Waals surface area contributed by atoms with Crippen LogP contribution in [0.4, 0.5) is 0 Å². The van der Waals surface area contributed by atoms with E-state index in [-0.39, 0.29) is 16.7 Å². The van der Waals surface area contributed by atoms with Gasteiger partial charge in [0, 0.05) is 23.3 Å². The Balaban J connectivity index is 2.00. The van der Waals surface area contributed by atoms with Crippen molar-refractivity contribution in [2.45, 2.75) is 0 Å². The van der Waals surface area contributed by atoms with Gasteiger partial charge in [-0.15, -0.1) is 22.7 Å². The van der Waals surface area contributed by atoms with E-state index in [0.717, 1.165) is 9.75 Å². The smallest absolute Gasteiger partial charge is 0.336 e. The number of carbonyl (C=O) groups excluding carboxylic acids is 2. The molecule has 6 nitrogen and oxygen atoms in total. The molecule has 31 heavy (non-hydrogen) atoms. The molecule has 2 heterocycles. The normalized spacial score (nSPS) is 11.8. The number of thiophene rings is 2. The van der Waals surface area contributed by atoms with E-state index in [4.69, 9.17) is 9.47 Å². The molecule has 158 valence electrons. The van der Waals surface area contributed by atoms with Gasteiger partial charge in [0.05, 0.1) is 29.5 Å². The van der Waals surface area contributed by atoms with Gasteiger partial charge in [0.25, 0.3) is 0 Å². The first-order chi connectivity index (χ1) is 14.9. The van der Waals surface area contributed by atoms with Gasteiger partial charge in [-0.1, -0.05) is 18.2 Å². The summed E-state index contributed by atoms with van der Waals surface area (Å²) in [6.45, 7) is 0. The Kier molecular flexibility index (Phi) is 7.17. The molecule has 0 radical (unpaired) electrons. The second-order valence-electron chi connectivity index (χ2n) is 6.17. The summed E-state index contributed by atoms with van der Waals surface area (Å²) < 4.78 is 10.6. The van der Waals surface area contributed by atoms with E-state index in [1.165, 1.54) is 67.2 Å². The number of methoxy groups -OCH3 is 2. The first kappa shape index (κ1) is 22.2. The van der Waals surface area contributed by atoms with Crippen molar-refractivity contribution in [1.82, 2.24) is 0 Å². The van der Waals surface area contributed by atoms with Crippen molar-refractivity contribution in [3.8, 4) is 0 Å². The van der Waals surface area contributed by atoms with Crippen LogP contribution in [-0.2, 0) is 9.47 Å². The highest BCUT2D eigenvalue weighted by Gasteiger charge is 2.19. The summed E-state index contributed by atoms with van der Waals surface area (Å²) >= 11 is 2.80. The van der Waals surface area contributed by atoms with Crippen LogP contribution < -0.4 is 0 Å². The van der Waals surface area contributed by atoms with Gasteiger partial charge >= 0.3 is 5.97 Å². The van der Waals surface area contributed by atoms with Crippen molar-refractivity contribution < 1.29 is 29.0 Å². The zero-order valence-corrected chi connectivity index (χ0v) is 18.3. The van der Waals surface area contributed by atoms with Crippen molar-refractivity contribution in [3.63, 3.8) is 0 Å². The van der Waals surface area contributed by atoms with Gasteiger partial charge in [-0.25, -0.2) is 4.79 Å². The number of hydrogen-bond donors (Lipinski definition) is 1. The van der Waals surface area contributed by atoms with Crippen molar-refractivity contribution >= 4 is 51.7 Å². The second kappa shape index (κ2) is 10.0. The van der Waals surface area contributed by atoms with E-state index >= 15 is 0 Å². The molecule has 0 bridgehead atoms. The topological polar surface area (TPSA) is 89.9 Å². The molecule has 2 aromatic heterocycles. The van der Waals surface area contributed by atoms with Crippen LogP contribution in [0.15, 0.2) is 65.4 Å². The minimum Gasteiger partial charge on any atom is -0.495 e. The monoisotopic (exact) mass is 454 g/mol. The maximum absolute atomic E-state index is 12.9. The van der Waals surface area contributed by atoms with E-state index in [1.54, 1.807) is 6.07 Å². The number of allylic oxidation sites excluding steroid dienone is 2. The fourth-order valence-electron chi connectivity index (χ4n) is 2.79. The molecular weight excluding hydrogens is 436 g/mol. The predicted octanol–water partition coefficient (Wildman–Crippen LogP) is 5.25. The zero-order chi connectivity index (χ0) is 22.4. The average molecular weight is 455 g/mol. The molecule has 8 heteroatoms. The number of ketones is 2. The minimum absolute atomic E-state index is 0.104. The quantitative estimate of drug-likeness (QED) is 0.270. The van der Waals surface area contributed by atoms with Gasteiger partial charge in [-0.2, -0.15) is 0 Å². The number of rotatable bonds is 9. The summed E-state index contributed by atoms with van der Waals surface area (Å²) in [6.07, 6.45) is 2.54. The van der Waals surface area contributed by atoms with Crippen LogP contribution in [0.5, 0.6) is 0 Å². The Hall–Kier alpha value is -3.49. The van der Waals surface area contributed by atoms with E-state index < -0.39 is 17.5 Å². The lowest BCUT2D eigenvalue weighted by atomic mass is 9.97. The van der Waals surface area contributed by atoms with Gasteiger partial charge in [0.2, 0.25) is 0 Å². The van der Waals surface area contributed by atoms with Gasteiger partial charge in [0.15, 0.2) is 11.6 Å². The highest BCUT2D eigenvalue weighted by atomic mass is 32.1. The van der Waals surface area contributed by atoms with Gasteiger partial charge < -0.3 is 14.6 Å². The molecule has 0 spiro atoms. The van der Waals surface area contributed by atoms with Gasteiger partial charge in [0.1, 0.15) is 11.5 Å². The maximum atomic E-state index is 12.9. The Morgan fingerprint density at radius 1 is 0.806 bits per heavy atom. The summed E-state index contributed by atoms with van der Waals surface area (Å²) in [5.41, 5.74) is -0.135. The number of carboxylic acid groups (broad SMARTS) is 1.